The number of halogens is 2. The molecule has 0 fully saturated rings. The molecule has 0 spiro atoms. The lowest BCUT2D eigenvalue weighted by Crippen LogP contribution is -2.12. The van der Waals surface area contributed by atoms with Gasteiger partial charge in [-0.1, -0.05) is 42.8 Å². The van der Waals surface area contributed by atoms with E-state index in [0.717, 1.165) is 17.5 Å². The molecule has 0 N–H and O–H groups in total. The van der Waals surface area contributed by atoms with Gasteiger partial charge in [0.25, 0.3) is 0 Å². The van der Waals surface area contributed by atoms with Crippen LogP contribution >= 0.6 is 23.2 Å². The monoisotopic (exact) mass is 588 g/mol. The van der Waals surface area contributed by atoms with Crippen LogP contribution in [0, 0.1) is 0 Å². The predicted octanol–water partition coefficient (Wildman–Crippen LogP) is 7.45. The van der Waals surface area contributed by atoms with Crippen molar-refractivity contribution in [2.45, 2.75) is 51.3 Å². The minimum atomic E-state index is -3.70. The van der Waals surface area contributed by atoms with Gasteiger partial charge in [-0.25, -0.2) is 16.8 Å². The first-order valence-corrected chi connectivity index (χ1v) is 15.5. The summed E-state index contributed by atoms with van der Waals surface area (Å²) in [7, 11) is -7.35. The van der Waals surface area contributed by atoms with Crippen molar-refractivity contribution in [1.29, 1.82) is 0 Å². The van der Waals surface area contributed by atoms with Crippen LogP contribution in [0.2, 0.25) is 5.02 Å². The highest BCUT2D eigenvalue weighted by atomic mass is 35.5. The zero-order valence-electron chi connectivity index (χ0n) is 20.8. The smallest absolute Gasteiger partial charge is 0.206 e. The second-order valence-electron chi connectivity index (χ2n) is 8.94. The van der Waals surface area contributed by atoms with Crippen molar-refractivity contribution >= 4 is 42.9 Å². The highest BCUT2D eigenvalue weighted by Gasteiger charge is 2.23. The van der Waals surface area contributed by atoms with Crippen LogP contribution in [0.15, 0.2) is 117 Å². The van der Waals surface area contributed by atoms with Crippen molar-refractivity contribution in [2.75, 3.05) is 0 Å². The van der Waals surface area contributed by atoms with E-state index < -0.39 is 24.5 Å². The Morgan fingerprint density at radius 2 is 1.05 bits per heavy atom. The number of hydrogen-bond acceptors (Lipinski definition) is 5. The Labute approximate surface area is 233 Å². The predicted molar refractivity (Wildman–Crippen MR) is 150 cm³/mol. The molecule has 5 nitrogen and oxygen atoms in total. The van der Waals surface area contributed by atoms with Gasteiger partial charge in [0.15, 0.2) is 0 Å². The van der Waals surface area contributed by atoms with Gasteiger partial charge in [0, 0.05) is 5.02 Å². The summed E-state index contributed by atoms with van der Waals surface area (Å²) in [6, 6.07) is 25.2. The number of benzene rings is 4. The fraction of sp³-hybridized carbons (Fsp3) is 0.172. The second kappa shape index (κ2) is 11.1. The van der Waals surface area contributed by atoms with Gasteiger partial charge in [0.05, 0.1) is 24.5 Å². The van der Waals surface area contributed by atoms with Crippen molar-refractivity contribution in [3.05, 3.63) is 113 Å². The van der Waals surface area contributed by atoms with Crippen LogP contribution in [0.4, 0.5) is 0 Å². The lowest BCUT2D eigenvalue weighted by molar-refractivity contribution is 0.306. The lowest BCUT2D eigenvalue weighted by Gasteiger charge is -2.20. The third kappa shape index (κ3) is 6.07. The first-order valence-electron chi connectivity index (χ1n) is 11.8. The molecule has 38 heavy (non-hydrogen) atoms. The Morgan fingerprint density at radius 1 is 0.658 bits per heavy atom. The number of sulfone groups is 2. The van der Waals surface area contributed by atoms with E-state index in [9.17, 15) is 16.8 Å². The third-order valence-corrected chi connectivity index (χ3v) is 10.6. The SMILES string of the molecule is CCC(C)(Cl)c1ccc(S(=O)(=O)c2ccc(OCc3ccc(S(=O)(=O)c4ccc(Cl)cc4)cc3)cc2)cc1. The standard InChI is InChI=1S/C29H26Cl2O5S2/c1-3-29(2,31)22-6-14-26(15-7-22)38(34,35)28-18-10-24(11-19-28)36-20-21-4-12-25(13-5-21)37(32,33)27-16-8-23(30)9-17-27/h4-19H,3,20H2,1-2H3. The molecule has 1 unspecified atom stereocenters. The van der Waals surface area contributed by atoms with Gasteiger partial charge < -0.3 is 4.74 Å². The maximum Gasteiger partial charge on any atom is 0.206 e. The number of alkyl halides is 1. The van der Waals surface area contributed by atoms with Crippen molar-refractivity contribution in [3.8, 4) is 5.75 Å². The minimum absolute atomic E-state index is 0.151. The zero-order chi connectivity index (χ0) is 27.6. The first kappa shape index (κ1) is 28.2. The summed E-state index contributed by atoms with van der Waals surface area (Å²) >= 11 is 12.3. The van der Waals surface area contributed by atoms with Crippen LogP contribution in [0.3, 0.4) is 0 Å². The summed E-state index contributed by atoms with van der Waals surface area (Å²) in [5, 5.41) is 0.461. The van der Waals surface area contributed by atoms with E-state index in [-0.39, 0.29) is 26.2 Å². The van der Waals surface area contributed by atoms with Crippen molar-refractivity contribution in [2.24, 2.45) is 0 Å². The molecular formula is C29H26Cl2O5S2. The van der Waals surface area contributed by atoms with Gasteiger partial charge in [0.1, 0.15) is 12.4 Å². The maximum atomic E-state index is 13.1. The lowest BCUT2D eigenvalue weighted by atomic mass is 9.98. The molecule has 0 heterocycles. The van der Waals surface area contributed by atoms with Crippen molar-refractivity contribution in [3.63, 3.8) is 0 Å². The zero-order valence-corrected chi connectivity index (χ0v) is 23.9. The van der Waals surface area contributed by atoms with E-state index in [0.29, 0.717) is 10.8 Å². The van der Waals surface area contributed by atoms with Gasteiger partial charge in [-0.15, -0.1) is 11.6 Å². The molecule has 4 aromatic rings. The molecule has 0 radical (unpaired) electrons. The van der Waals surface area contributed by atoms with E-state index in [1.165, 1.54) is 48.5 Å². The second-order valence-corrected chi connectivity index (χ2v) is 14.1. The topological polar surface area (TPSA) is 77.5 Å². The average molecular weight is 590 g/mol. The summed E-state index contributed by atoms with van der Waals surface area (Å²) < 4.78 is 57.5. The maximum absolute atomic E-state index is 13.1. The molecular weight excluding hydrogens is 563 g/mol. The largest absolute Gasteiger partial charge is 0.489 e. The third-order valence-electron chi connectivity index (χ3n) is 6.33. The molecule has 0 bridgehead atoms. The molecule has 9 heteroatoms. The van der Waals surface area contributed by atoms with Crippen LogP contribution < -0.4 is 4.74 Å². The molecule has 4 aromatic carbocycles. The Kier molecular flexibility index (Phi) is 8.23. The van der Waals surface area contributed by atoms with Gasteiger partial charge >= 0.3 is 0 Å². The van der Waals surface area contributed by atoms with E-state index in [1.807, 2.05) is 13.8 Å². The molecule has 0 aliphatic carbocycles. The molecule has 0 saturated heterocycles. The fourth-order valence-electron chi connectivity index (χ4n) is 3.72. The summed E-state index contributed by atoms with van der Waals surface area (Å²) in [6.45, 7) is 4.06. The summed E-state index contributed by atoms with van der Waals surface area (Å²) in [6.07, 6.45) is 0.717. The van der Waals surface area contributed by atoms with Gasteiger partial charge in [-0.3, -0.25) is 0 Å². The Balaban J connectivity index is 1.42. The number of rotatable bonds is 9. The normalized spacial score (nSPS) is 13.6. The molecule has 1 atom stereocenters. The molecule has 0 aliphatic heterocycles. The van der Waals surface area contributed by atoms with E-state index in [4.69, 9.17) is 27.9 Å². The minimum Gasteiger partial charge on any atom is -0.489 e. The van der Waals surface area contributed by atoms with Gasteiger partial charge in [0.2, 0.25) is 19.7 Å². The quantitative estimate of drug-likeness (QED) is 0.190. The Morgan fingerprint density at radius 3 is 1.50 bits per heavy atom. The molecule has 4 rings (SSSR count). The van der Waals surface area contributed by atoms with Crippen LogP contribution in [-0.2, 0) is 31.2 Å². The summed E-state index contributed by atoms with van der Waals surface area (Å²) in [5.41, 5.74) is 1.62. The van der Waals surface area contributed by atoms with Crippen LogP contribution in [0.5, 0.6) is 5.75 Å². The average Bonchev–Trinajstić information content (AvgIpc) is 2.92. The summed E-state index contributed by atoms with van der Waals surface area (Å²) in [4.78, 5) is 0.115. The highest BCUT2D eigenvalue weighted by molar-refractivity contribution is 7.91. The Bertz CT molecular complexity index is 1610. The van der Waals surface area contributed by atoms with E-state index >= 15 is 0 Å². The van der Waals surface area contributed by atoms with Crippen molar-refractivity contribution < 1.29 is 21.6 Å². The molecule has 0 aromatic heterocycles. The molecule has 0 amide bonds. The fourth-order valence-corrected chi connectivity index (χ4v) is 6.49. The van der Waals surface area contributed by atoms with E-state index in [1.54, 1.807) is 48.5 Å². The molecule has 198 valence electrons. The van der Waals surface area contributed by atoms with Gasteiger partial charge in [-0.2, -0.15) is 0 Å². The number of hydrogen-bond donors (Lipinski definition) is 0. The van der Waals surface area contributed by atoms with Gasteiger partial charge in [-0.05, 0) is 97.3 Å². The van der Waals surface area contributed by atoms with Crippen LogP contribution in [-0.4, -0.2) is 16.8 Å². The first-order chi connectivity index (χ1) is 17.9. The van der Waals surface area contributed by atoms with Crippen LogP contribution in [0.25, 0.3) is 0 Å². The molecule has 0 saturated carbocycles. The number of ether oxygens (including phenoxy) is 1. The van der Waals surface area contributed by atoms with E-state index in [2.05, 4.69) is 0 Å². The summed E-state index contributed by atoms with van der Waals surface area (Å²) in [5.74, 6) is 0.484. The van der Waals surface area contributed by atoms with Crippen LogP contribution in [0.1, 0.15) is 31.4 Å². The highest BCUT2D eigenvalue weighted by Crippen LogP contribution is 2.33. The molecule has 0 aliphatic rings. The van der Waals surface area contributed by atoms with Crippen molar-refractivity contribution in [1.82, 2.24) is 0 Å². The Hall–Kier alpha value is -2.84.